The average Bonchev–Trinajstić information content (AvgIpc) is 2.91. The Balaban J connectivity index is 2.20. The Morgan fingerprint density at radius 3 is 2.57 bits per heavy atom. The lowest BCUT2D eigenvalue weighted by Gasteiger charge is -2.01. The van der Waals surface area contributed by atoms with E-state index >= 15 is 0 Å². The Kier molecular flexibility index (Phi) is 4.11. The lowest BCUT2D eigenvalue weighted by atomic mass is 10.1. The van der Waals surface area contributed by atoms with Gasteiger partial charge < -0.3 is 4.52 Å². The van der Waals surface area contributed by atoms with E-state index in [4.69, 9.17) is 15.2 Å². The molecule has 0 radical (unpaired) electrons. The van der Waals surface area contributed by atoms with Gasteiger partial charge in [-0.25, -0.2) is 17.2 Å². The van der Waals surface area contributed by atoms with Gasteiger partial charge in [0.1, 0.15) is 5.69 Å². The fraction of sp³-hybridized carbons (Fsp3) is 0.0769. The van der Waals surface area contributed by atoms with E-state index in [0.29, 0.717) is 15.4 Å². The van der Waals surface area contributed by atoms with Gasteiger partial charge in [-0.3, -0.25) is 4.98 Å². The Hall–Kier alpha value is -1.58. The molecule has 3 rings (SSSR count). The Morgan fingerprint density at radius 2 is 2.00 bits per heavy atom. The molecule has 23 heavy (non-hydrogen) atoms. The smallest absolute Gasteiger partial charge is 0.265 e. The van der Waals surface area contributed by atoms with E-state index in [1.165, 1.54) is 24.3 Å². The zero-order valence-electron chi connectivity index (χ0n) is 11.0. The number of rotatable bonds is 3. The number of fused-ring (bicyclic) bond motifs is 1. The molecule has 0 saturated carbocycles. The summed E-state index contributed by atoms with van der Waals surface area (Å²) in [5, 5.41) is 4.17. The van der Waals surface area contributed by atoms with Crippen LogP contribution < -0.4 is 0 Å². The zero-order chi connectivity index (χ0) is 16.8. The average molecular weight is 424 g/mol. The topological polar surface area (TPSA) is 73.1 Å². The van der Waals surface area contributed by atoms with Crippen LogP contribution >= 0.6 is 26.6 Å². The minimum atomic E-state index is -3.96. The quantitative estimate of drug-likeness (QED) is 0.579. The molecule has 0 atom stereocenters. The first-order chi connectivity index (χ1) is 10.8. The fourth-order valence-corrected chi connectivity index (χ4v) is 3.45. The van der Waals surface area contributed by atoms with Crippen LogP contribution in [0.1, 0.15) is 12.0 Å². The van der Waals surface area contributed by atoms with Crippen molar-refractivity contribution in [1.82, 2.24) is 10.1 Å². The van der Waals surface area contributed by atoms with Gasteiger partial charge in [-0.1, -0.05) is 5.16 Å². The third-order valence-corrected chi connectivity index (χ3v) is 4.99. The predicted octanol–water partition coefficient (Wildman–Crippen LogP) is 4.52. The maximum Gasteiger partial charge on any atom is 0.265 e. The maximum absolute atomic E-state index is 12.6. The second kappa shape index (κ2) is 5.81. The summed E-state index contributed by atoms with van der Waals surface area (Å²) in [4.78, 5) is 3.77. The molecular formula is C13H6BrClF2N2O3S. The summed E-state index contributed by atoms with van der Waals surface area (Å²) >= 11 is 3.18. The van der Waals surface area contributed by atoms with Gasteiger partial charge in [0, 0.05) is 22.4 Å². The van der Waals surface area contributed by atoms with Gasteiger partial charge in [0.25, 0.3) is 15.5 Å². The van der Waals surface area contributed by atoms with Crippen molar-refractivity contribution in [3.05, 3.63) is 40.5 Å². The van der Waals surface area contributed by atoms with Crippen LogP contribution in [0.3, 0.4) is 0 Å². The van der Waals surface area contributed by atoms with E-state index in [9.17, 15) is 17.2 Å². The largest absolute Gasteiger partial charge is 0.354 e. The van der Waals surface area contributed by atoms with Crippen molar-refractivity contribution in [3.8, 4) is 11.4 Å². The standard InChI is InChI=1S/C13H6BrClF2N2O3S/c14-9-4-7(23(15,20)21)3-8-11(19-22-12(8)9)10-2-1-6(5-18-10)13(16)17/h1-5,13H. The van der Waals surface area contributed by atoms with Crippen LogP contribution in [0.5, 0.6) is 0 Å². The summed E-state index contributed by atoms with van der Waals surface area (Å²) in [6.45, 7) is 0. The van der Waals surface area contributed by atoms with Gasteiger partial charge in [-0.05, 0) is 40.2 Å². The van der Waals surface area contributed by atoms with Crippen molar-refractivity contribution in [3.63, 3.8) is 0 Å². The first-order valence-corrected chi connectivity index (χ1v) is 9.15. The molecule has 0 amide bonds. The number of pyridine rings is 1. The molecule has 120 valence electrons. The highest BCUT2D eigenvalue weighted by Crippen LogP contribution is 2.35. The predicted molar refractivity (Wildman–Crippen MR) is 82.9 cm³/mol. The highest BCUT2D eigenvalue weighted by Gasteiger charge is 2.20. The number of aromatic nitrogens is 2. The summed E-state index contributed by atoms with van der Waals surface area (Å²) in [5.74, 6) is 0. The zero-order valence-corrected chi connectivity index (χ0v) is 14.2. The van der Waals surface area contributed by atoms with E-state index < -0.39 is 15.5 Å². The van der Waals surface area contributed by atoms with Gasteiger partial charge in [-0.15, -0.1) is 0 Å². The molecule has 0 bridgehead atoms. The number of benzene rings is 1. The first-order valence-electron chi connectivity index (χ1n) is 6.05. The Morgan fingerprint density at radius 1 is 1.26 bits per heavy atom. The maximum atomic E-state index is 12.6. The molecule has 2 heterocycles. The number of hydrogen-bond acceptors (Lipinski definition) is 5. The molecule has 0 aliphatic carbocycles. The molecule has 0 fully saturated rings. The molecule has 5 nitrogen and oxygen atoms in total. The van der Waals surface area contributed by atoms with E-state index in [-0.39, 0.29) is 21.8 Å². The Bertz CT molecular complexity index is 990. The van der Waals surface area contributed by atoms with Crippen molar-refractivity contribution >= 4 is 46.6 Å². The molecule has 0 saturated heterocycles. The molecule has 10 heteroatoms. The van der Waals surface area contributed by atoms with Crippen LogP contribution in [0.4, 0.5) is 8.78 Å². The lowest BCUT2D eigenvalue weighted by molar-refractivity contribution is 0.151. The molecule has 0 spiro atoms. The third-order valence-electron chi connectivity index (χ3n) is 3.06. The van der Waals surface area contributed by atoms with Crippen LogP contribution in [-0.2, 0) is 9.05 Å². The molecule has 1 aromatic carbocycles. The second-order valence-corrected chi connectivity index (χ2v) is 7.95. The minimum absolute atomic E-state index is 0.146. The monoisotopic (exact) mass is 422 g/mol. The lowest BCUT2D eigenvalue weighted by Crippen LogP contribution is -1.92. The number of halogens is 4. The van der Waals surface area contributed by atoms with Crippen LogP contribution in [0, 0.1) is 0 Å². The van der Waals surface area contributed by atoms with Gasteiger partial charge >= 0.3 is 0 Å². The van der Waals surface area contributed by atoms with Gasteiger partial charge in [0.05, 0.1) is 20.4 Å². The van der Waals surface area contributed by atoms with Crippen LogP contribution in [0.25, 0.3) is 22.4 Å². The van der Waals surface area contributed by atoms with E-state index in [1.54, 1.807) is 0 Å². The van der Waals surface area contributed by atoms with Crippen LogP contribution in [0.2, 0.25) is 0 Å². The highest BCUT2D eigenvalue weighted by molar-refractivity contribution is 9.10. The van der Waals surface area contributed by atoms with E-state index in [0.717, 1.165) is 6.20 Å². The summed E-state index contributed by atoms with van der Waals surface area (Å²) in [5.41, 5.74) is 0.559. The van der Waals surface area contributed by atoms with Crippen LogP contribution in [-0.4, -0.2) is 18.6 Å². The molecular weight excluding hydrogens is 418 g/mol. The molecule has 0 aliphatic heterocycles. The summed E-state index contributed by atoms with van der Waals surface area (Å²) < 4.78 is 53.7. The van der Waals surface area contributed by atoms with Gasteiger partial charge in [0.15, 0.2) is 5.58 Å². The number of alkyl halides is 2. The SMILES string of the molecule is O=S(=O)(Cl)c1cc(Br)c2onc(-c3ccc(C(F)F)cn3)c2c1. The van der Waals surface area contributed by atoms with Crippen molar-refractivity contribution < 1.29 is 21.7 Å². The Labute approximate surface area is 141 Å². The number of nitrogens with zero attached hydrogens (tertiary/aromatic N) is 2. The highest BCUT2D eigenvalue weighted by atomic mass is 79.9. The van der Waals surface area contributed by atoms with E-state index in [1.807, 2.05) is 0 Å². The molecule has 3 aromatic rings. The van der Waals surface area contributed by atoms with E-state index in [2.05, 4.69) is 26.1 Å². The van der Waals surface area contributed by atoms with Gasteiger partial charge in [0.2, 0.25) is 0 Å². The van der Waals surface area contributed by atoms with Crippen molar-refractivity contribution in [2.45, 2.75) is 11.3 Å². The fourth-order valence-electron chi connectivity index (χ4n) is 1.98. The molecule has 0 aliphatic rings. The molecule has 0 N–H and O–H groups in total. The summed E-state index contributed by atoms with van der Waals surface area (Å²) in [7, 11) is 1.39. The van der Waals surface area contributed by atoms with Gasteiger partial charge in [-0.2, -0.15) is 0 Å². The third kappa shape index (κ3) is 3.08. The first kappa shape index (κ1) is 16.3. The number of hydrogen-bond donors (Lipinski definition) is 0. The molecule has 2 aromatic heterocycles. The van der Waals surface area contributed by atoms with Crippen molar-refractivity contribution in [1.29, 1.82) is 0 Å². The second-order valence-electron chi connectivity index (χ2n) is 4.53. The summed E-state index contributed by atoms with van der Waals surface area (Å²) in [6.07, 6.45) is -1.61. The molecule has 0 unspecified atom stereocenters. The van der Waals surface area contributed by atoms with Crippen molar-refractivity contribution in [2.75, 3.05) is 0 Å². The summed E-state index contributed by atoms with van der Waals surface area (Å²) in [6, 6.07) is 5.14. The van der Waals surface area contributed by atoms with Crippen molar-refractivity contribution in [2.24, 2.45) is 0 Å². The van der Waals surface area contributed by atoms with Crippen LogP contribution in [0.15, 0.2) is 44.4 Å². The normalized spacial score (nSPS) is 12.2. The minimum Gasteiger partial charge on any atom is -0.354 e.